The molecule has 1 aromatic rings. The lowest BCUT2D eigenvalue weighted by Crippen LogP contribution is -2.32. The van der Waals surface area contributed by atoms with E-state index in [-0.39, 0.29) is 6.42 Å². The summed E-state index contributed by atoms with van der Waals surface area (Å²) >= 11 is 0. The molecule has 0 spiro atoms. The third-order valence-electron chi connectivity index (χ3n) is 3.52. The van der Waals surface area contributed by atoms with Crippen LogP contribution in [-0.4, -0.2) is 32.1 Å². The number of nitrogens with zero attached hydrogens (tertiary/aromatic N) is 3. The van der Waals surface area contributed by atoms with Gasteiger partial charge in [0, 0.05) is 19.2 Å². The van der Waals surface area contributed by atoms with E-state index in [1.54, 1.807) is 10.9 Å². The van der Waals surface area contributed by atoms with E-state index in [0.29, 0.717) is 17.5 Å². The van der Waals surface area contributed by atoms with Crippen LogP contribution in [0.3, 0.4) is 0 Å². The number of rotatable bonds is 8. The number of hydrogen-bond donors (Lipinski definition) is 2. The highest BCUT2D eigenvalue weighted by atomic mass is 16.4. The number of aromatic nitrogens is 3. The molecular formula is C13H24N4O2. The van der Waals surface area contributed by atoms with E-state index in [0.717, 1.165) is 19.4 Å². The molecule has 0 aliphatic heterocycles. The van der Waals surface area contributed by atoms with Crippen LogP contribution in [0.25, 0.3) is 0 Å². The fraction of sp³-hybridized carbons (Fsp3) is 0.769. The smallest absolute Gasteiger partial charge is 0.320 e. The van der Waals surface area contributed by atoms with Crippen molar-refractivity contribution in [1.82, 2.24) is 15.0 Å². The molecule has 2 unspecified atom stereocenters. The first-order chi connectivity index (χ1) is 8.90. The van der Waals surface area contributed by atoms with Crippen molar-refractivity contribution in [3.05, 3.63) is 11.9 Å². The highest BCUT2D eigenvalue weighted by molar-refractivity contribution is 5.73. The zero-order chi connectivity index (χ0) is 14.4. The summed E-state index contributed by atoms with van der Waals surface area (Å²) in [4.78, 5) is 10.6. The van der Waals surface area contributed by atoms with E-state index in [2.05, 4.69) is 31.1 Å². The van der Waals surface area contributed by atoms with E-state index < -0.39 is 12.0 Å². The Hall–Kier alpha value is -1.43. The zero-order valence-electron chi connectivity index (χ0n) is 11.9. The summed E-state index contributed by atoms with van der Waals surface area (Å²) in [5, 5.41) is 16.7. The summed E-state index contributed by atoms with van der Waals surface area (Å²) in [6, 6.07) is -0.911. The Morgan fingerprint density at radius 2 is 2.16 bits per heavy atom. The third kappa shape index (κ3) is 5.38. The fourth-order valence-electron chi connectivity index (χ4n) is 1.76. The van der Waals surface area contributed by atoms with Gasteiger partial charge in [-0.05, 0) is 24.7 Å². The van der Waals surface area contributed by atoms with Gasteiger partial charge in [-0.3, -0.25) is 9.48 Å². The van der Waals surface area contributed by atoms with Gasteiger partial charge in [-0.15, -0.1) is 5.10 Å². The summed E-state index contributed by atoms with van der Waals surface area (Å²) in [7, 11) is 0. The summed E-state index contributed by atoms with van der Waals surface area (Å²) in [6.07, 6.45) is 4.20. The minimum absolute atomic E-state index is 0.220. The Balaban J connectivity index is 2.37. The van der Waals surface area contributed by atoms with Gasteiger partial charge in [-0.2, -0.15) is 0 Å². The fourth-order valence-corrected chi connectivity index (χ4v) is 1.76. The molecule has 19 heavy (non-hydrogen) atoms. The van der Waals surface area contributed by atoms with Crippen LogP contribution in [0.5, 0.6) is 0 Å². The average Bonchev–Trinajstić information content (AvgIpc) is 2.76. The Morgan fingerprint density at radius 1 is 1.47 bits per heavy atom. The van der Waals surface area contributed by atoms with Gasteiger partial charge in [0.25, 0.3) is 0 Å². The minimum atomic E-state index is -1.01. The molecule has 0 saturated carbocycles. The van der Waals surface area contributed by atoms with Gasteiger partial charge in [0.1, 0.15) is 6.04 Å². The van der Waals surface area contributed by atoms with E-state index in [4.69, 9.17) is 10.8 Å². The summed E-state index contributed by atoms with van der Waals surface area (Å²) in [5.74, 6) is 0.378. The Labute approximate surface area is 114 Å². The molecule has 0 aromatic carbocycles. The maximum absolute atomic E-state index is 10.6. The van der Waals surface area contributed by atoms with Gasteiger partial charge in [-0.25, -0.2) is 0 Å². The quantitative estimate of drug-likeness (QED) is 0.741. The summed E-state index contributed by atoms with van der Waals surface area (Å²) < 4.78 is 1.76. The van der Waals surface area contributed by atoms with E-state index in [1.807, 2.05) is 0 Å². The van der Waals surface area contributed by atoms with Gasteiger partial charge in [-0.1, -0.05) is 26.0 Å². The lowest BCUT2D eigenvalue weighted by Gasteiger charge is -2.14. The molecule has 0 bridgehead atoms. The molecule has 0 fully saturated rings. The van der Waals surface area contributed by atoms with Crippen LogP contribution in [-0.2, 0) is 17.8 Å². The highest BCUT2D eigenvalue weighted by Crippen LogP contribution is 2.16. The van der Waals surface area contributed by atoms with Crippen LogP contribution < -0.4 is 5.73 Å². The maximum Gasteiger partial charge on any atom is 0.320 e. The topological polar surface area (TPSA) is 94.0 Å². The number of carbonyl (C=O) groups is 1. The highest BCUT2D eigenvalue weighted by Gasteiger charge is 2.14. The molecule has 0 amide bonds. The number of aryl methyl sites for hydroxylation is 1. The third-order valence-corrected chi connectivity index (χ3v) is 3.52. The second-order valence-electron chi connectivity index (χ2n) is 5.49. The molecule has 108 valence electrons. The van der Waals surface area contributed by atoms with Crippen molar-refractivity contribution in [2.75, 3.05) is 0 Å². The normalized spacial score (nSPS) is 14.6. The first kappa shape index (κ1) is 15.6. The van der Waals surface area contributed by atoms with Crippen molar-refractivity contribution >= 4 is 5.97 Å². The van der Waals surface area contributed by atoms with Gasteiger partial charge < -0.3 is 10.8 Å². The molecule has 0 aliphatic rings. The van der Waals surface area contributed by atoms with Crippen LogP contribution >= 0.6 is 0 Å². The average molecular weight is 268 g/mol. The molecule has 1 heterocycles. The van der Waals surface area contributed by atoms with Crippen molar-refractivity contribution in [1.29, 1.82) is 0 Å². The number of nitrogens with two attached hydrogens (primary N) is 1. The van der Waals surface area contributed by atoms with Gasteiger partial charge >= 0.3 is 5.97 Å². The number of carboxylic acids is 1. The first-order valence-electron chi connectivity index (χ1n) is 6.77. The number of carboxylic acid groups (broad SMARTS) is 1. The van der Waals surface area contributed by atoms with Gasteiger partial charge in [0.05, 0.1) is 5.69 Å². The molecule has 0 saturated heterocycles. The van der Waals surface area contributed by atoms with E-state index in [1.165, 1.54) is 0 Å². The van der Waals surface area contributed by atoms with Crippen LogP contribution in [0, 0.1) is 11.8 Å². The second-order valence-corrected chi connectivity index (χ2v) is 5.49. The molecule has 2 atom stereocenters. The summed E-state index contributed by atoms with van der Waals surface area (Å²) in [6.45, 7) is 7.52. The molecule has 6 nitrogen and oxygen atoms in total. The SMILES string of the molecule is CC(C)C(C)CCCn1cc(CC(N)C(=O)O)nn1. The van der Waals surface area contributed by atoms with Crippen molar-refractivity contribution in [2.45, 2.75) is 52.6 Å². The van der Waals surface area contributed by atoms with Gasteiger partial charge in [0.2, 0.25) is 0 Å². The molecule has 0 aliphatic carbocycles. The van der Waals surface area contributed by atoms with Crippen molar-refractivity contribution < 1.29 is 9.90 Å². The van der Waals surface area contributed by atoms with Gasteiger partial charge in [0.15, 0.2) is 0 Å². The number of aliphatic carboxylic acids is 1. The maximum atomic E-state index is 10.6. The lowest BCUT2D eigenvalue weighted by atomic mass is 9.93. The van der Waals surface area contributed by atoms with Crippen LogP contribution in [0.2, 0.25) is 0 Å². The second kappa shape index (κ2) is 7.23. The van der Waals surface area contributed by atoms with Crippen molar-refractivity contribution in [3.63, 3.8) is 0 Å². The van der Waals surface area contributed by atoms with Crippen LogP contribution in [0.15, 0.2) is 6.20 Å². The molecule has 6 heteroatoms. The Kier molecular flexibility index (Phi) is 5.95. The largest absolute Gasteiger partial charge is 0.480 e. The number of hydrogen-bond acceptors (Lipinski definition) is 4. The first-order valence-corrected chi connectivity index (χ1v) is 6.77. The molecule has 0 radical (unpaired) electrons. The van der Waals surface area contributed by atoms with Crippen LogP contribution in [0.1, 0.15) is 39.3 Å². The van der Waals surface area contributed by atoms with Crippen LogP contribution in [0.4, 0.5) is 0 Å². The van der Waals surface area contributed by atoms with E-state index in [9.17, 15) is 4.79 Å². The Morgan fingerprint density at radius 3 is 2.74 bits per heavy atom. The minimum Gasteiger partial charge on any atom is -0.480 e. The lowest BCUT2D eigenvalue weighted by molar-refractivity contribution is -0.138. The van der Waals surface area contributed by atoms with Crippen molar-refractivity contribution in [2.24, 2.45) is 17.6 Å². The Bertz CT molecular complexity index is 403. The zero-order valence-corrected chi connectivity index (χ0v) is 11.9. The molecule has 3 N–H and O–H groups in total. The molecular weight excluding hydrogens is 244 g/mol. The van der Waals surface area contributed by atoms with Crippen molar-refractivity contribution in [3.8, 4) is 0 Å². The van der Waals surface area contributed by atoms with E-state index >= 15 is 0 Å². The standard InChI is InChI=1S/C13H24N4O2/c1-9(2)10(3)5-4-6-17-8-11(15-16-17)7-12(14)13(18)19/h8-10,12H,4-7,14H2,1-3H3,(H,18,19). The predicted molar refractivity (Wildman–Crippen MR) is 72.6 cm³/mol. The summed E-state index contributed by atoms with van der Waals surface area (Å²) in [5.41, 5.74) is 6.09. The predicted octanol–water partition coefficient (Wildman–Crippen LogP) is 1.30. The monoisotopic (exact) mass is 268 g/mol. The molecule has 1 rings (SSSR count). The molecule has 1 aromatic heterocycles.